The van der Waals surface area contributed by atoms with Crippen LogP contribution in [0.1, 0.15) is 27.7 Å². The third-order valence-electron chi connectivity index (χ3n) is 9.10. The maximum Gasteiger partial charge on any atom is 0.309 e. The fraction of sp³-hybridized carbons (Fsp3) is 0.146. The van der Waals surface area contributed by atoms with Crippen LogP contribution in [0.25, 0.3) is 66.8 Å². The lowest BCUT2D eigenvalue weighted by atomic mass is 9.80. The van der Waals surface area contributed by atoms with Crippen molar-refractivity contribution in [1.29, 1.82) is 0 Å². The van der Waals surface area contributed by atoms with Crippen molar-refractivity contribution in [2.24, 2.45) is 0 Å². The van der Waals surface area contributed by atoms with Crippen molar-refractivity contribution < 1.29 is 9.76 Å². The molecule has 47 heavy (non-hydrogen) atoms. The normalized spacial score (nSPS) is 12.0. The Kier molecular flexibility index (Phi) is 7.92. The average molecular weight is 614 g/mol. The van der Waals surface area contributed by atoms with E-state index in [4.69, 9.17) is 19.6 Å². The number of hydrogen-bond donors (Lipinski definition) is 1. The molecule has 7 rings (SSSR count). The lowest BCUT2D eigenvalue weighted by molar-refractivity contribution is -0.0893. The molecule has 6 aromatic carbocycles. The average Bonchev–Trinajstić information content (AvgIpc) is 3.10. The lowest BCUT2D eigenvalue weighted by Gasteiger charge is -2.37. The predicted octanol–water partition coefficient (Wildman–Crippen LogP) is 8.39. The fourth-order valence-corrected chi connectivity index (χ4v) is 5.73. The molecule has 1 aromatic heterocycles. The van der Waals surface area contributed by atoms with Gasteiger partial charge in [0.25, 0.3) is 0 Å². The second-order valence-electron chi connectivity index (χ2n) is 13.0. The molecule has 0 atom stereocenters. The van der Waals surface area contributed by atoms with E-state index < -0.39 is 11.2 Å². The van der Waals surface area contributed by atoms with Crippen LogP contribution in [0.5, 0.6) is 0 Å². The van der Waals surface area contributed by atoms with Crippen LogP contribution in [0.3, 0.4) is 0 Å². The van der Waals surface area contributed by atoms with Gasteiger partial charge in [0.1, 0.15) is 0 Å². The van der Waals surface area contributed by atoms with Crippen molar-refractivity contribution in [2.75, 3.05) is 0 Å². The van der Waals surface area contributed by atoms with Crippen molar-refractivity contribution >= 4 is 34.5 Å². The lowest BCUT2D eigenvalue weighted by Crippen LogP contribution is -2.49. The quantitative estimate of drug-likeness (QED) is 0.138. The summed E-state index contributed by atoms with van der Waals surface area (Å²) in [5.74, 6) is 1.79. The zero-order chi connectivity index (χ0) is 32.6. The summed E-state index contributed by atoms with van der Waals surface area (Å²) in [6, 6.07) is 45.8. The molecule has 0 aliphatic rings. The Labute approximate surface area is 276 Å². The Morgan fingerprint density at radius 1 is 0.511 bits per heavy atom. The van der Waals surface area contributed by atoms with Gasteiger partial charge in [0.15, 0.2) is 17.5 Å². The van der Waals surface area contributed by atoms with E-state index in [1.165, 1.54) is 16.2 Å². The van der Waals surface area contributed by atoms with Crippen LogP contribution in [0.15, 0.2) is 133 Å². The van der Waals surface area contributed by atoms with E-state index in [0.29, 0.717) is 25.0 Å². The van der Waals surface area contributed by atoms with Gasteiger partial charge in [-0.2, -0.15) is 0 Å². The second kappa shape index (κ2) is 12.2. The summed E-state index contributed by atoms with van der Waals surface area (Å²) in [6.07, 6.45) is 0. The molecule has 1 N–H and O–H groups in total. The molecule has 1 heterocycles. The minimum atomic E-state index is -1.04. The minimum absolute atomic E-state index is 0.297. The van der Waals surface area contributed by atoms with Crippen LogP contribution in [0, 0.1) is 0 Å². The Bertz CT molecular complexity index is 2150. The molecule has 6 heteroatoms. The van der Waals surface area contributed by atoms with Gasteiger partial charge in [0, 0.05) is 16.7 Å². The highest BCUT2D eigenvalue weighted by atomic mass is 16.5. The van der Waals surface area contributed by atoms with E-state index in [1.54, 1.807) is 13.8 Å². The number of hydrogen-bond acceptors (Lipinski definition) is 5. The van der Waals surface area contributed by atoms with Crippen molar-refractivity contribution in [2.45, 2.75) is 38.9 Å². The first-order chi connectivity index (χ1) is 22.7. The van der Waals surface area contributed by atoms with E-state index in [-0.39, 0.29) is 0 Å². The molecule has 0 amide bonds. The van der Waals surface area contributed by atoms with Gasteiger partial charge in [-0.15, -0.1) is 0 Å². The monoisotopic (exact) mass is 613 g/mol. The summed E-state index contributed by atoms with van der Waals surface area (Å²) >= 11 is 0. The van der Waals surface area contributed by atoms with E-state index in [2.05, 4.69) is 72.8 Å². The second-order valence-corrected chi connectivity index (χ2v) is 13.0. The van der Waals surface area contributed by atoms with Gasteiger partial charge in [-0.1, -0.05) is 127 Å². The SMILES string of the molecule is CC(C)(O)C(C)(C)OBc1cc(-c2nc(-c3ccccc3)nc(-c3ccccc3)n2)cc(-c2cc3ccccc3c3ccccc23)c1. The van der Waals surface area contributed by atoms with Crippen LogP contribution in [-0.2, 0) is 4.65 Å². The smallest absolute Gasteiger partial charge is 0.309 e. The molecule has 0 saturated heterocycles. The largest absolute Gasteiger partial charge is 0.427 e. The third-order valence-corrected chi connectivity index (χ3v) is 9.10. The molecule has 0 fully saturated rings. The van der Waals surface area contributed by atoms with Gasteiger partial charge in [0.2, 0.25) is 0 Å². The topological polar surface area (TPSA) is 68.1 Å². The molecule has 230 valence electrons. The van der Waals surface area contributed by atoms with Crippen molar-refractivity contribution in [3.63, 3.8) is 0 Å². The molecule has 0 saturated carbocycles. The summed E-state index contributed by atoms with van der Waals surface area (Å²) in [6.45, 7) is 7.38. The molecular formula is C41H36BN3O2. The Hall–Kier alpha value is -5.17. The highest BCUT2D eigenvalue weighted by Gasteiger charge is 2.35. The Morgan fingerprint density at radius 2 is 1.00 bits per heavy atom. The maximum absolute atomic E-state index is 10.8. The Balaban J connectivity index is 1.45. The molecule has 0 radical (unpaired) electrons. The van der Waals surface area contributed by atoms with Gasteiger partial charge < -0.3 is 9.76 Å². The first kappa shape index (κ1) is 30.5. The molecule has 0 aliphatic carbocycles. The molecule has 5 nitrogen and oxygen atoms in total. The number of nitrogens with zero attached hydrogens (tertiary/aromatic N) is 3. The van der Waals surface area contributed by atoms with Gasteiger partial charge in [0.05, 0.1) is 11.2 Å². The molecule has 0 unspecified atom stereocenters. The highest BCUT2D eigenvalue weighted by molar-refractivity contribution is 6.47. The molecule has 0 spiro atoms. The van der Waals surface area contributed by atoms with Crippen LogP contribution in [0.2, 0.25) is 0 Å². The molecular weight excluding hydrogens is 577 g/mol. The molecule has 7 aromatic rings. The van der Waals surface area contributed by atoms with Gasteiger partial charge in [-0.3, -0.25) is 0 Å². The van der Waals surface area contributed by atoms with Crippen LogP contribution in [0.4, 0.5) is 0 Å². The van der Waals surface area contributed by atoms with Gasteiger partial charge in [-0.25, -0.2) is 15.0 Å². The van der Waals surface area contributed by atoms with Crippen LogP contribution < -0.4 is 5.46 Å². The number of aliphatic hydroxyl groups is 1. The maximum atomic E-state index is 10.8. The number of fused-ring (bicyclic) bond motifs is 3. The summed E-state index contributed by atoms with van der Waals surface area (Å²) in [7, 11) is 0.297. The minimum Gasteiger partial charge on any atom is -0.427 e. The first-order valence-electron chi connectivity index (χ1n) is 15.9. The zero-order valence-corrected chi connectivity index (χ0v) is 27.1. The van der Waals surface area contributed by atoms with E-state index in [9.17, 15) is 5.11 Å². The summed E-state index contributed by atoms with van der Waals surface area (Å²) in [5, 5.41) is 15.6. The number of benzene rings is 6. The first-order valence-corrected chi connectivity index (χ1v) is 15.9. The summed E-state index contributed by atoms with van der Waals surface area (Å²) < 4.78 is 6.40. The summed E-state index contributed by atoms with van der Waals surface area (Å²) in [5.41, 5.74) is 3.97. The van der Waals surface area contributed by atoms with Gasteiger partial charge in [-0.05, 0) is 72.5 Å². The third kappa shape index (κ3) is 6.18. The summed E-state index contributed by atoms with van der Waals surface area (Å²) in [4.78, 5) is 15.0. The zero-order valence-electron chi connectivity index (χ0n) is 27.1. The fourth-order valence-electron chi connectivity index (χ4n) is 5.73. The van der Waals surface area contributed by atoms with Crippen LogP contribution in [-0.4, -0.2) is 38.7 Å². The van der Waals surface area contributed by atoms with Gasteiger partial charge >= 0.3 is 7.48 Å². The van der Waals surface area contributed by atoms with Crippen molar-refractivity contribution in [3.8, 4) is 45.3 Å². The number of rotatable bonds is 8. The van der Waals surface area contributed by atoms with Crippen LogP contribution >= 0.6 is 0 Å². The van der Waals surface area contributed by atoms with Crippen molar-refractivity contribution in [3.05, 3.63) is 133 Å². The van der Waals surface area contributed by atoms with E-state index >= 15 is 0 Å². The van der Waals surface area contributed by atoms with Crippen molar-refractivity contribution in [1.82, 2.24) is 15.0 Å². The Morgan fingerprint density at radius 3 is 1.60 bits per heavy atom. The number of aromatic nitrogens is 3. The van der Waals surface area contributed by atoms with E-state index in [0.717, 1.165) is 38.7 Å². The van der Waals surface area contributed by atoms with E-state index in [1.807, 2.05) is 74.5 Å². The molecule has 0 bridgehead atoms. The molecule has 0 aliphatic heterocycles. The standard InChI is InChI=1S/C41H36BN3O2/c1-40(2,46)41(3,4)47-42-32-24-30(36-26-29-19-11-12-20-33(29)34-21-13-14-22-35(34)36)23-31(25-32)39-44-37(27-15-7-5-8-16-27)43-38(45-39)28-17-9-6-10-18-28/h5-26,42,46H,1-4H3. The highest BCUT2D eigenvalue weighted by Crippen LogP contribution is 2.36. The predicted molar refractivity (Wildman–Crippen MR) is 195 cm³/mol.